The second-order valence-corrected chi connectivity index (χ2v) is 9.25. The highest BCUT2D eigenvalue weighted by atomic mass is 16.7. The van der Waals surface area contributed by atoms with Gasteiger partial charge < -0.3 is 33.7 Å². The standard InChI is InChI=1S/C28H43NO10/c1-8-11-12-25(30)35-20(6)17-29-22(26(31)34-7)15-21-13-14-23(38-27(32)36-18(4)9-2)24(16-21)39-28(33)37-19(5)10-3/h13-14,16,18-20,22,29H,8-12,15,17H2,1-7H3/t18?,19?,20?,22-/m0/s1. The van der Waals surface area contributed by atoms with Gasteiger partial charge in [0.05, 0.1) is 7.11 Å². The highest BCUT2D eigenvalue weighted by Gasteiger charge is 2.24. The van der Waals surface area contributed by atoms with E-state index in [1.54, 1.807) is 26.8 Å². The number of methoxy groups -OCH3 is 1. The van der Waals surface area contributed by atoms with Crippen molar-refractivity contribution in [2.24, 2.45) is 0 Å². The third-order valence-electron chi connectivity index (χ3n) is 5.78. The molecule has 0 aliphatic carbocycles. The molecule has 0 aliphatic rings. The Bertz CT molecular complexity index is 935. The van der Waals surface area contributed by atoms with E-state index in [0.717, 1.165) is 12.8 Å². The maximum Gasteiger partial charge on any atom is 0.514 e. The summed E-state index contributed by atoms with van der Waals surface area (Å²) in [5.41, 5.74) is 0.569. The van der Waals surface area contributed by atoms with Crippen LogP contribution in [-0.4, -0.2) is 62.3 Å². The first-order chi connectivity index (χ1) is 18.5. The van der Waals surface area contributed by atoms with Crippen LogP contribution in [0.4, 0.5) is 9.59 Å². The Balaban J connectivity index is 3.06. The first-order valence-electron chi connectivity index (χ1n) is 13.4. The van der Waals surface area contributed by atoms with E-state index in [1.807, 2.05) is 20.8 Å². The van der Waals surface area contributed by atoms with E-state index in [1.165, 1.54) is 19.2 Å². The van der Waals surface area contributed by atoms with Crippen molar-refractivity contribution in [2.45, 2.75) is 104 Å². The molecule has 4 atom stereocenters. The summed E-state index contributed by atoms with van der Waals surface area (Å²) in [6, 6.07) is 3.72. The van der Waals surface area contributed by atoms with E-state index in [4.69, 9.17) is 28.4 Å². The third-order valence-corrected chi connectivity index (χ3v) is 5.78. The maximum absolute atomic E-state index is 12.5. The Morgan fingerprint density at radius 1 is 0.821 bits per heavy atom. The smallest absolute Gasteiger partial charge is 0.468 e. The van der Waals surface area contributed by atoms with Crippen molar-refractivity contribution in [1.29, 1.82) is 0 Å². The second-order valence-electron chi connectivity index (χ2n) is 9.25. The molecule has 0 bridgehead atoms. The highest BCUT2D eigenvalue weighted by molar-refractivity contribution is 5.76. The molecular weight excluding hydrogens is 510 g/mol. The molecule has 0 radical (unpaired) electrons. The lowest BCUT2D eigenvalue weighted by Crippen LogP contribution is -2.43. The zero-order valence-corrected chi connectivity index (χ0v) is 24.1. The van der Waals surface area contributed by atoms with Gasteiger partial charge in [-0.2, -0.15) is 0 Å². The Kier molecular flexibility index (Phi) is 15.6. The van der Waals surface area contributed by atoms with Crippen LogP contribution >= 0.6 is 0 Å². The molecule has 3 unspecified atom stereocenters. The first-order valence-corrected chi connectivity index (χ1v) is 13.4. The molecule has 0 aromatic heterocycles. The van der Waals surface area contributed by atoms with E-state index in [9.17, 15) is 19.2 Å². The third kappa shape index (κ3) is 13.3. The predicted molar refractivity (Wildman–Crippen MR) is 143 cm³/mol. The number of nitrogens with one attached hydrogen (secondary N) is 1. The topological polar surface area (TPSA) is 136 Å². The molecule has 0 saturated heterocycles. The minimum atomic E-state index is -0.969. The fourth-order valence-electron chi connectivity index (χ4n) is 3.14. The first kappa shape index (κ1) is 33.7. The van der Waals surface area contributed by atoms with Crippen LogP contribution in [0.3, 0.4) is 0 Å². The lowest BCUT2D eigenvalue weighted by atomic mass is 10.0. The number of rotatable bonds is 16. The normalized spacial score (nSPS) is 13.8. The summed E-state index contributed by atoms with van der Waals surface area (Å²) in [6.07, 6.45) is 0.142. The zero-order chi connectivity index (χ0) is 29.4. The summed E-state index contributed by atoms with van der Waals surface area (Å²) >= 11 is 0. The Morgan fingerprint density at radius 2 is 1.41 bits per heavy atom. The average molecular weight is 554 g/mol. The van der Waals surface area contributed by atoms with Gasteiger partial charge in [-0.1, -0.05) is 33.3 Å². The van der Waals surface area contributed by atoms with Gasteiger partial charge in [-0.25, -0.2) is 9.59 Å². The molecule has 1 N–H and O–H groups in total. The van der Waals surface area contributed by atoms with E-state index in [2.05, 4.69) is 5.32 Å². The van der Waals surface area contributed by atoms with Crippen molar-refractivity contribution in [1.82, 2.24) is 5.32 Å². The van der Waals surface area contributed by atoms with Crippen LogP contribution in [-0.2, 0) is 35.0 Å². The molecule has 1 aromatic carbocycles. The monoisotopic (exact) mass is 553 g/mol. The number of ether oxygens (including phenoxy) is 6. The van der Waals surface area contributed by atoms with Crippen molar-refractivity contribution in [3.05, 3.63) is 23.8 Å². The number of hydrogen-bond acceptors (Lipinski definition) is 11. The molecule has 0 aliphatic heterocycles. The maximum atomic E-state index is 12.5. The van der Waals surface area contributed by atoms with E-state index in [0.29, 0.717) is 24.8 Å². The molecule has 1 aromatic rings. The average Bonchev–Trinajstić information content (AvgIpc) is 2.90. The van der Waals surface area contributed by atoms with Crippen molar-refractivity contribution in [3.8, 4) is 11.5 Å². The van der Waals surface area contributed by atoms with Crippen molar-refractivity contribution in [2.75, 3.05) is 13.7 Å². The zero-order valence-electron chi connectivity index (χ0n) is 24.1. The van der Waals surface area contributed by atoms with Crippen molar-refractivity contribution in [3.63, 3.8) is 0 Å². The molecule has 11 nitrogen and oxygen atoms in total. The number of esters is 2. The number of unbranched alkanes of at least 4 members (excludes halogenated alkanes) is 1. The minimum Gasteiger partial charge on any atom is -0.468 e. The van der Waals surface area contributed by atoms with Crippen molar-refractivity contribution < 1.29 is 47.6 Å². The molecule has 0 fully saturated rings. The second kappa shape index (κ2) is 18.0. The van der Waals surface area contributed by atoms with Crippen LogP contribution in [0.15, 0.2) is 18.2 Å². The van der Waals surface area contributed by atoms with Crippen LogP contribution < -0.4 is 14.8 Å². The van der Waals surface area contributed by atoms with Crippen LogP contribution in [0.25, 0.3) is 0 Å². The molecule has 11 heteroatoms. The van der Waals surface area contributed by atoms with Crippen LogP contribution in [0.2, 0.25) is 0 Å². The molecule has 1 rings (SSSR count). The fourth-order valence-corrected chi connectivity index (χ4v) is 3.14. The molecular formula is C28H43NO10. The van der Waals surface area contributed by atoms with E-state index >= 15 is 0 Å². The van der Waals surface area contributed by atoms with Crippen molar-refractivity contribution >= 4 is 24.2 Å². The summed E-state index contributed by atoms with van der Waals surface area (Å²) in [4.78, 5) is 48.9. The van der Waals surface area contributed by atoms with Gasteiger partial charge in [0, 0.05) is 13.0 Å². The molecule has 0 saturated carbocycles. The predicted octanol–water partition coefficient (Wildman–Crippen LogP) is 5.11. The van der Waals surface area contributed by atoms with E-state index < -0.39 is 30.4 Å². The number of carbonyl (C=O) groups excluding carboxylic acids is 4. The lowest BCUT2D eigenvalue weighted by Gasteiger charge is -2.20. The molecule has 0 heterocycles. The fraction of sp³-hybridized carbons (Fsp3) is 0.643. The summed E-state index contributed by atoms with van der Waals surface area (Å²) < 4.78 is 31.2. The minimum absolute atomic E-state index is 0.0525. The molecule has 0 amide bonds. The van der Waals surface area contributed by atoms with Gasteiger partial charge in [-0.15, -0.1) is 0 Å². The summed E-state index contributed by atoms with van der Waals surface area (Å²) in [5.74, 6) is -0.961. The van der Waals surface area contributed by atoms with Crippen LogP contribution in [0.5, 0.6) is 11.5 Å². The summed E-state index contributed by atoms with van der Waals surface area (Å²) in [5, 5.41) is 3.06. The molecule has 39 heavy (non-hydrogen) atoms. The summed E-state index contributed by atoms with van der Waals surface area (Å²) in [7, 11) is 1.27. The van der Waals surface area contributed by atoms with Crippen LogP contribution in [0, 0.1) is 0 Å². The Labute approximate surface area is 230 Å². The van der Waals surface area contributed by atoms with Gasteiger partial charge in [-0.3, -0.25) is 9.59 Å². The summed E-state index contributed by atoms with van der Waals surface area (Å²) in [6.45, 7) is 11.1. The van der Waals surface area contributed by atoms with E-state index in [-0.39, 0.29) is 42.6 Å². The van der Waals surface area contributed by atoms with Gasteiger partial charge in [0.1, 0.15) is 24.4 Å². The van der Waals surface area contributed by atoms with Gasteiger partial charge in [0.15, 0.2) is 11.5 Å². The quantitative estimate of drug-likeness (QED) is 0.166. The number of carbonyl (C=O) groups is 4. The molecule has 0 spiro atoms. The largest absolute Gasteiger partial charge is 0.514 e. The molecule has 220 valence electrons. The Morgan fingerprint density at radius 3 is 1.95 bits per heavy atom. The van der Waals surface area contributed by atoms with Gasteiger partial charge in [0.2, 0.25) is 0 Å². The van der Waals surface area contributed by atoms with Gasteiger partial charge in [0.25, 0.3) is 0 Å². The SMILES string of the molecule is CCCCC(=O)OC(C)CN[C@@H](Cc1ccc(OC(=O)OC(C)CC)c(OC(=O)OC(C)CC)c1)C(=O)OC. The lowest BCUT2D eigenvalue weighted by molar-refractivity contribution is -0.148. The number of benzene rings is 1. The van der Waals surface area contributed by atoms with Gasteiger partial charge in [-0.05, 0) is 64.2 Å². The number of hydrogen-bond donors (Lipinski definition) is 1. The van der Waals surface area contributed by atoms with Gasteiger partial charge >= 0.3 is 24.2 Å². The Hall–Kier alpha value is -3.34. The highest BCUT2D eigenvalue weighted by Crippen LogP contribution is 2.30. The van der Waals surface area contributed by atoms with Crippen LogP contribution in [0.1, 0.15) is 79.2 Å².